The first-order valence-electron chi connectivity index (χ1n) is 8.82. The average Bonchev–Trinajstić information content (AvgIpc) is 3.01. The Balaban J connectivity index is 1.44. The van der Waals surface area contributed by atoms with Crippen molar-refractivity contribution in [2.45, 2.75) is 37.7 Å². The van der Waals surface area contributed by atoms with Crippen LogP contribution >= 0.6 is 0 Å². The molecule has 1 saturated carbocycles. The lowest BCUT2D eigenvalue weighted by Crippen LogP contribution is -2.54. The Kier molecular flexibility index (Phi) is 3.93. The van der Waals surface area contributed by atoms with E-state index in [1.54, 1.807) is 12.2 Å². The molecule has 1 aliphatic heterocycles. The predicted octanol–water partition coefficient (Wildman–Crippen LogP) is 3.60. The predicted molar refractivity (Wildman–Crippen MR) is 93.4 cm³/mol. The molecule has 1 aromatic carbocycles. The van der Waals surface area contributed by atoms with Gasteiger partial charge in [-0.2, -0.15) is 0 Å². The van der Waals surface area contributed by atoms with Gasteiger partial charge in [-0.3, -0.25) is 4.79 Å². The van der Waals surface area contributed by atoms with Crippen molar-refractivity contribution in [2.24, 2.45) is 5.92 Å². The van der Waals surface area contributed by atoms with Gasteiger partial charge in [-0.1, -0.05) is 31.0 Å². The number of hydrogen-bond donors (Lipinski definition) is 1. The molecule has 1 saturated heterocycles. The van der Waals surface area contributed by atoms with Gasteiger partial charge < -0.3 is 14.4 Å². The van der Waals surface area contributed by atoms with E-state index in [0.29, 0.717) is 25.3 Å². The second-order valence-corrected chi connectivity index (χ2v) is 7.10. The van der Waals surface area contributed by atoms with Crippen molar-refractivity contribution in [1.29, 1.82) is 0 Å². The van der Waals surface area contributed by atoms with E-state index in [1.807, 2.05) is 35.2 Å². The second-order valence-electron chi connectivity index (χ2n) is 7.10. The highest BCUT2D eigenvalue weighted by atomic mass is 16.3. The Labute approximate surface area is 141 Å². The molecule has 1 amide bonds. The molecule has 4 rings (SSSR count). The summed E-state index contributed by atoms with van der Waals surface area (Å²) in [5, 5.41) is 11.7. The van der Waals surface area contributed by atoms with Crippen LogP contribution in [-0.2, 0) is 4.79 Å². The summed E-state index contributed by atoms with van der Waals surface area (Å²) in [7, 11) is 0. The van der Waals surface area contributed by atoms with Gasteiger partial charge in [0.15, 0.2) is 0 Å². The number of aliphatic hydroxyl groups is 1. The largest absolute Gasteiger partial charge is 0.457 e. The molecule has 1 aromatic heterocycles. The maximum Gasteiger partial charge on any atom is 0.246 e. The minimum Gasteiger partial charge on any atom is -0.457 e. The van der Waals surface area contributed by atoms with E-state index in [0.717, 1.165) is 36.7 Å². The van der Waals surface area contributed by atoms with E-state index in [1.165, 1.54) is 0 Å². The molecule has 2 aliphatic rings. The normalized spacial score (nSPS) is 27.5. The summed E-state index contributed by atoms with van der Waals surface area (Å²) >= 11 is 0. The molecule has 2 unspecified atom stereocenters. The summed E-state index contributed by atoms with van der Waals surface area (Å²) in [6.07, 6.45) is 8.19. The lowest BCUT2D eigenvalue weighted by Gasteiger charge is -2.47. The third-order valence-electron chi connectivity index (χ3n) is 5.57. The molecule has 2 fully saturated rings. The van der Waals surface area contributed by atoms with Gasteiger partial charge in [0.2, 0.25) is 5.91 Å². The fourth-order valence-corrected chi connectivity index (χ4v) is 4.11. The van der Waals surface area contributed by atoms with E-state index in [-0.39, 0.29) is 11.8 Å². The van der Waals surface area contributed by atoms with Gasteiger partial charge in [0.25, 0.3) is 0 Å². The van der Waals surface area contributed by atoms with Crippen molar-refractivity contribution in [3.8, 4) is 0 Å². The van der Waals surface area contributed by atoms with Crippen molar-refractivity contribution in [3.05, 3.63) is 42.2 Å². The Morgan fingerprint density at radius 1 is 1.29 bits per heavy atom. The zero-order valence-corrected chi connectivity index (χ0v) is 13.8. The molecule has 4 heteroatoms. The Morgan fingerprint density at radius 3 is 3.04 bits per heavy atom. The third-order valence-corrected chi connectivity index (χ3v) is 5.57. The number of fused-ring (bicyclic) bond motifs is 2. The number of nitrogens with zero attached hydrogens (tertiary/aromatic N) is 1. The van der Waals surface area contributed by atoms with Gasteiger partial charge >= 0.3 is 0 Å². The van der Waals surface area contributed by atoms with Crippen LogP contribution in [0.25, 0.3) is 17.0 Å². The van der Waals surface area contributed by atoms with Crippen LogP contribution < -0.4 is 0 Å². The summed E-state index contributed by atoms with van der Waals surface area (Å²) in [5.41, 5.74) is 0.284. The van der Waals surface area contributed by atoms with E-state index < -0.39 is 5.60 Å². The molecule has 24 heavy (non-hydrogen) atoms. The van der Waals surface area contributed by atoms with E-state index in [9.17, 15) is 9.90 Å². The summed E-state index contributed by atoms with van der Waals surface area (Å²) in [4.78, 5) is 14.3. The summed E-state index contributed by atoms with van der Waals surface area (Å²) in [5.74, 6) is 0.919. The van der Waals surface area contributed by atoms with Gasteiger partial charge in [-0.25, -0.2) is 0 Å². The fourth-order valence-electron chi connectivity index (χ4n) is 4.11. The molecule has 1 aliphatic carbocycles. The smallest absolute Gasteiger partial charge is 0.246 e. The standard InChI is InChI=1S/C20H23NO3/c22-19(9-8-17-13-15-5-1-2-7-18(15)24-17)21-12-11-20(23)10-4-3-6-16(20)14-21/h1-2,5,7-9,13,16,23H,3-4,6,10-12,14H2/b9-8+. The van der Waals surface area contributed by atoms with Crippen molar-refractivity contribution < 1.29 is 14.3 Å². The number of carbonyl (C=O) groups is 1. The number of piperidine rings is 1. The van der Waals surface area contributed by atoms with Crippen LogP contribution in [0, 0.1) is 5.92 Å². The van der Waals surface area contributed by atoms with Gasteiger partial charge in [0, 0.05) is 30.5 Å². The first-order chi connectivity index (χ1) is 11.6. The minimum absolute atomic E-state index is 0.00285. The van der Waals surface area contributed by atoms with Crippen LogP contribution in [0.15, 0.2) is 40.8 Å². The van der Waals surface area contributed by atoms with Crippen LogP contribution in [0.2, 0.25) is 0 Å². The molecule has 4 nitrogen and oxygen atoms in total. The van der Waals surface area contributed by atoms with Gasteiger partial charge in [0.05, 0.1) is 5.60 Å². The Hall–Kier alpha value is -2.07. The topological polar surface area (TPSA) is 53.7 Å². The van der Waals surface area contributed by atoms with Crippen LogP contribution in [-0.4, -0.2) is 34.6 Å². The summed E-state index contributed by atoms with van der Waals surface area (Å²) in [6.45, 7) is 1.30. The van der Waals surface area contributed by atoms with Crippen LogP contribution in [0.5, 0.6) is 0 Å². The lowest BCUT2D eigenvalue weighted by molar-refractivity contribution is -0.138. The minimum atomic E-state index is -0.544. The van der Waals surface area contributed by atoms with Crippen molar-refractivity contribution in [2.75, 3.05) is 13.1 Å². The highest BCUT2D eigenvalue weighted by Gasteiger charge is 2.43. The maximum absolute atomic E-state index is 12.5. The van der Waals surface area contributed by atoms with Crippen LogP contribution in [0.1, 0.15) is 37.9 Å². The highest BCUT2D eigenvalue weighted by Crippen LogP contribution is 2.39. The first kappa shape index (κ1) is 15.5. The number of carbonyl (C=O) groups excluding carboxylic acids is 1. The van der Waals surface area contributed by atoms with Crippen LogP contribution in [0.4, 0.5) is 0 Å². The van der Waals surface area contributed by atoms with Crippen molar-refractivity contribution in [3.63, 3.8) is 0 Å². The summed E-state index contributed by atoms with van der Waals surface area (Å²) < 4.78 is 5.71. The molecule has 0 radical (unpaired) electrons. The van der Waals surface area contributed by atoms with E-state index >= 15 is 0 Å². The molecule has 0 bridgehead atoms. The molecule has 2 atom stereocenters. The number of hydrogen-bond acceptors (Lipinski definition) is 3. The molecule has 1 N–H and O–H groups in total. The summed E-state index contributed by atoms with van der Waals surface area (Å²) in [6, 6.07) is 9.75. The molecular formula is C20H23NO3. The quantitative estimate of drug-likeness (QED) is 0.858. The molecule has 2 aromatic rings. The monoisotopic (exact) mass is 325 g/mol. The number of likely N-dealkylation sites (tertiary alicyclic amines) is 1. The fraction of sp³-hybridized carbons (Fsp3) is 0.450. The number of para-hydroxylation sites is 1. The van der Waals surface area contributed by atoms with E-state index in [2.05, 4.69) is 0 Å². The van der Waals surface area contributed by atoms with Gasteiger partial charge in [0.1, 0.15) is 11.3 Å². The van der Waals surface area contributed by atoms with E-state index in [4.69, 9.17) is 4.42 Å². The lowest BCUT2D eigenvalue weighted by atomic mass is 9.71. The molecule has 126 valence electrons. The van der Waals surface area contributed by atoms with Gasteiger partial charge in [-0.15, -0.1) is 0 Å². The Bertz CT molecular complexity index is 745. The third kappa shape index (κ3) is 2.86. The number of furan rings is 1. The second kappa shape index (κ2) is 6.10. The first-order valence-corrected chi connectivity index (χ1v) is 8.82. The SMILES string of the molecule is O=C(/C=C/c1cc2ccccc2o1)N1CCC2(O)CCCCC2C1. The van der Waals surface area contributed by atoms with Crippen LogP contribution in [0.3, 0.4) is 0 Å². The molecule has 2 heterocycles. The maximum atomic E-state index is 12.5. The van der Waals surface area contributed by atoms with Gasteiger partial charge in [-0.05, 0) is 37.5 Å². The number of rotatable bonds is 2. The average molecular weight is 325 g/mol. The zero-order chi connectivity index (χ0) is 16.6. The molecule has 0 spiro atoms. The Morgan fingerprint density at radius 2 is 2.17 bits per heavy atom. The number of amides is 1. The molecular weight excluding hydrogens is 302 g/mol. The number of benzene rings is 1. The zero-order valence-electron chi connectivity index (χ0n) is 13.8. The van der Waals surface area contributed by atoms with Crippen molar-refractivity contribution >= 4 is 23.0 Å². The van der Waals surface area contributed by atoms with Crippen molar-refractivity contribution in [1.82, 2.24) is 4.90 Å². The highest BCUT2D eigenvalue weighted by molar-refractivity contribution is 5.92.